The van der Waals surface area contributed by atoms with Gasteiger partial charge in [0, 0.05) is 29.2 Å². The van der Waals surface area contributed by atoms with Crippen molar-refractivity contribution in [2.45, 2.75) is 23.1 Å². The first-order valence-corrected chi connectivity index (χ1v) is 7.87. The number of aryl methyl sites for hydroxylation is 1. The monoisotopic (exact) mass is 323 g/mol. The third kappa shape index (κ3) is 3.79. The summed E-state index contributed by atoms with van der Waals surface area (Å²) >= 11 is 2.66. The van der Waals surface area contributed by atoms with E-state index in [4.69, 9.17) is 0 Å². The Morgan fingerprint density at radius 3 is 2.86 bits per heavy atom. The molecule has 2 aromatic rings. The fourth-order valence-electron chi connectivity index (χ4n) is 1.62. The number of amides is 1. The number of benzene rings is 1. The fourth-order valence-corrected chi connectivity index (χ4v) is 3.50. The molecule has 0 aliphatic rings. The van der Waals surface area contributed by atoms with Gasteiger partial charge in [-0.3, -0.25) is 14.9 Å². The lowest BCUT2D eigenvalue weighted by atomic mass is 10.2. The molecule has 0 unspecified atom stereocenters. The first-order valence-electron chi connectivity index (χ1n) is 6.18. The molecule has 1 heterocycles. The van der Waals surface area contributed by atoms with E-state index in [1.54, 1.807) is 19.1 Å². The first-order chi connectivity index (χ1) is 10.0. The highest BCUT2D eigenvalue weighted by atomic mass is 32.2. The summed E-state index contributed by atoms with van der Waals surface area (Å²) in [7, 11) is 0. The van der Waals surface area contributed by atoms with Crippen molar-refractivity contribution in [3.63, 3.8) is 0 Å². The van der Waals surface area contributed by atoms with E-state index in [1.807, 2.05) is 12.3 Å². The second-order valence-electron chi connectivity index (χ2n) is 4.16. The Kier molecular flexibility index (Phi) is 4.92. The predicted octanol–water partition coefficient (Wildman–Crippen LogP) is 3.26. The van der Waals surface area contributed by atoms with Gasteiger partial charge < -0.3 is 5.32 Å². The second kappa shape index (κ2) is 6.68. The summed E-state index contributed by atoms with van der Waals surface area (Å²) < 4.78 is 0.737. The van der Waals surface area contributed by atoms with Gasteiger partial charge in [-0.1, -0.05) is 11.8 Å². The molecule has 1 aromatic heterocycles. The van der Waals surface area contributed by atoms with Gasteiger partial charge in [0.05, 0.1) is 9.82 Å². The van der Waals surface area contributed by atoms with Crippen LogP contribution in [0.15, 0.2) is 32.8 Å². The Balaban J connectivity index is 2.33. The molecule has 0 saturated carbocycles. The summed E-state index contributed by atoms with van der Waals surface area (Å²) in [4.78, 5) is 27.2. The molecule has 21 heavy (non-hydrogen) atoms. The third-order valence-electron chi connectivity index (χ3n) is 2.55. The molecule has 2 rings (SSSR count). The zero-order chi connectivity index (χ0) is 15.4. The summed E-state index contributed by atoms with van der Waals surface area (Å²) in [6, 6.07) is 4.47. The number of nitrogens with zero attached hydrogens (tertiary/aromatic N) is 2. The molecule has 0 aliphatic heterocycles. The summed E-state index contributed by atoms with van der Waals surface area (Å²) in [6.45, 7) is 4.13. The molecule has 1 amide bonds. The zero-order valence-electron chi connectivity index (χ0n) is 11.5. The van der Waals surface area contributed by atoms with E-state index in [1.165, 1.54) is 29.2 Å². The van der Waals surface area contributed by atoms with E-state index in [2.05, 4.69) is 10.3 Å². The quantitative estimate of drug-likeness (QED) is 0.674. The summed E-state index contributed by atoms with van der Waals surface area (Å²) in [5.41, 5.74) is 1.07. The van der Waals surface area contributed by atoms with Crippen LogP contribution >= 0.6 is 23.1 Å². The molecule has 0 aliphatic carbocycles. The molecule has 1 aromatic carbocycles. The third-order valence-corrected chi connectivity index (χ3v) is 4.67. The van der Waals surface area contributed by atoms with Gasteiger partial charge in [-0.2, -0.15) is 0 Å². The van der Waals surface area contributed by atoms with Crippen molar-refractivity contribution in [3.05, 3.63) is 45.0 Å². The summed E-state index contributed by atoms with van der Waals surface area (Å²) in [5.74, 6) is -0.317. The van der Waals surface area contributed by atoms with E-state index >= 15 is 0 Å². The molecular weight excluding hydrogens is 310 g/mol. The average molecular weight is 323 g/mol. The van der Waals surface area contributed by atoms with Crippen LogP contribution in [-0.4, -0.2) is 22.4 Å². The number of hydrogen-bond donors (Lipinski definition) is 1. The second-order valence-corrected chi connectivity index (χ2v) is 6.30. The molecule has 0 bridgehead atoms. The summed E-state index contributed by atoms with van der Waals surface area (Å²) in [5, 5.41) is 15.7. The first kappa shape index (κ1) is 15.5. The molecule has 0 saturated heterocycles. The number of thiazole rings is 1. The number of nitrogens with one attached hydrogen (secondary N) is 1. The largest absolute Gasteiger partial charge is 0.352 e. The molecule has 1 N–H and O–H groups in total. The lowest BCUT2D eigenvalue weighted by Crippen LogP contribution is -2.22. The van der Waals surface area contributed by atoms with Crippen LogP contribution in [0.3, 0.4) is 0 Å². The maximum absolute atomic E-state index is 11.7. The molecule has 8 heteroatoms. The molecule has 0 atom stereocenters. The van der Waals surface area contributed by atoms with Gasteiger partial charge in [-0.25, -0.2) is 4.98 Å². The number of hydrogen-bond acceptors (Lipinski definition) is 6. The van der Waals surface area contributed by atoms with Crippen LogP contribution in [0.1, 0.15) is 23.0 Å². The smallest absolute Gasteiger partial charge is 0.284 e. The molecule has 110 valence electrons. The van der Waals surface area contributed by atoms with Crippen LogP contribution in [0.4, 0.5) is 5.69 Å². The van der Waals surface area contributed by atoms with E-state index in [0.717, 1.165) is 10.0 Å². The number of carbonyl (C=O) groups excluding carboxylic acids is 1. The van der Waals surface area contributed by atoms with Crippen molar-refractivity contribution in [1.29, 1.82) is 0 Å². The highest BCUT2D eigenvalue weighted by Crippen LogP contribution is 2.36. The van der Waals surface area contributed by atoms with Crippen LogP contribution < -0.4 is 5.32 Å². The van der Waals surface area contributed by atoms with Gasteiger partial charge >= 0.3 is 0 Å². The molecule has 6 nitrogen and oxygen atoms in total. The lowest BCUT2D eigenvalue weighted by Gasteiger charge is -2.05. The Morgan fingerprint density at radius 1 is 1.52 bits per heavy atom. The Bertz CT molecular complexity index is 685. The number of nitro groups is 1. The highest BCUT2D eigenvalue weighted by molar-refractivity contribution is 8.01. The molecule has 0 radical (unpaired) electrons. The topological polar surface area (TPSA) is 85.1 Å². The average Bonchev–Trinajstić information content (AvgIpc) is 2.84. The number of aromatic nitrogens is 1. The van der Waals surface area contributed by atoms with Crippen molar-refractivity contribution in [2.75, 3.05) is 6.54 Å². The van der Waals surface area contributed by atoms with Crippen LogP contribution in [0.25, 0.3) is 0 Å². The Hall–Kier alpha value is -1.93. The van der Waals surface area contributed by atoms with Crippen molar-refractivity contribution >= 4 is 34.7 Å². The minimum atomic E-state index is -0.481. The zero-order valence-corrected chi connectivity index (χ0v) is 13.1. The van der Waals surface area contributed by atoms with Crippen molar-refractivity contribution in [3.8, 4) is 0 Å². The van der Waals surface area contributed by atoms with Gasteiger partial charge in [0.15, 0.2) is 4.34 Å². The SMILES string of the molecule is CCNC(=O)c1ccc(Sc2nc(C)cs2)c([N+](=O)[O-])c1. The van der Waals surface area contributed by atoms with Gasteiger partial charge in [0.2, 0.25) is 0 Å². The van der Waals surface area contributed by atoms with Gasteiger partial charge in [0.1, 0.15) is 0 Å². The van der Waals surface area contributed by atoms with Gasteiger partial charge in [-0.15, -0.1) is 11.3 Å². The standard InChI is InChI=1S/C13H13N3O3S2/c1-3-14-12(17)9-4-5-11(10(6-9)16(18)19)21-13-15-8(2)7-20-13/h4-7H,3H2,1-2H3,(H,14,17). The Morgan fingerprint density at radius 2 is 2.29 bits per heavy atom. The predicted molar refractivity (Wildman–Crippen MR) is 82.1 cm³/mol. The van der Waals surface area contributed by atoms with Gasteiger partial charge in [0.25, 0.3) is 11.6 Å². The van der Waals surface area contributed by atoms with E-state index in [0.29, 0.717) is 11.4 Å². The molecular formula is C13H13N3O3S2. The fraction of sp³-hybridized carbons (Fsp3) is 0.231. The van der Waals surface area contributed by atoms with Crippen LogP contribution in [-0.2, 0) is 0 Å². The normalized spacial score (nSPS) is 10.4. The minimum Gasteiger partial charge on any atom is -0.352 e. The lowest BCUT2D eigenvalue weighted by molar-refractivity contribution is -0.387. The number of carbonyl (C=O) groups is 1. The number of nitro benzene ring substituents is 1. The maximum Gasteiger partial charge on any atom is 0.284 e. The van der Waals surface area contributed by atoms with E-state index in [9.17, 15) is 14.9 Å². The Labute approximate surface area is 129 Å². The highest BCUT2D eigenvalue weighted by Gasteiger charge is 2.19. The van der Waals surface area contributed by atoms with Crippen molar-refractivity contribution < 1.29 is 9.72 Å². The number of rotatable bonds is 5. The molecule has 0 fully saturated rings. The van der Waals surface area contributed by atoms with Crippen LogP contribution in [0, 0.1) is 17.0 Å². The van der Waals surface area contributed by atoms with Crippen molar-refractivity contribution in [1.82, 2.24) is 10.3 Å². The van der Waals surface area contributed by atoms with Crippen LogP contribution in [0.5, 0.6) is 0 Å². The van der Waals surface area contributed by atoms with E-state index < -0.39 is 4.92 Å². The van der Waals surface area contributed by atoms with E-state index in [-0.39, 0.29) is 17.2 Å². The minimum absolute atomic E-state index is 0.0865. The maximum atomic E-state index is 11.7. The summed E-state index contributed by atoms with van der Waals surface area (Å²) in [6.07, 6.45) is 0. The van der Waals surface area contributed by atoms with Crippen molar-refractivity contribution in [2.24, 2.45) is 0 Å². The van der Waals surface area contributed by atoms with Gasteiger partial charge in [-0.05, 0) is 26.0 Å². The molecule has 0 spiro atoms. The van der Waals surface area contributed by atoms with Crippen LogP contribution in [0.2, 0.25) is 0 Å².